The minimum absolute atomic E-state index is 0. The first-order chi connectivity index (χ1) is 13.0. The van der Waals surface area contributed by atoms with Crippen LogP contribution >= 0.6 is 24.0 Å². The van der Waals surface area contributed by atoms with Gasteiger partial charge >= 0.3 is 0 Å². The summed E-state index contributed by atoms with van der Waals surface area (Å²) in [6, 6.07) is 4.46. The van der Waals surface area contributed by atoms with Gasteiger partial charge in [0.2, 0.25) is 5.91 Å². The molecule has 0 aliphatic carbocycles. The van der Waals surface area contributed by atoms with Crippen molar-refractivity contribution < 1.29 is 9.59 Å². The minimum Gasteiger partial charge on any atom is -0.339 e. The number of likely N-dealkylation sites (tertiary alicyclic amines) is 1. The van der Waals surface area contributed by atoms with Crippen LogP contribution < -0.4 is 10.6 Å². The van der Waals surface area contributed by atoms with E-state index >= 15 is 0 Å². The van der Waals surface area contributed by atoms with E-state index in [1.807, 2.05) is 4.90 Å². The largest absolute Gasteiger partial charge is 0.339 e. The lowest BCUT2D eigenvalue weighted by atomic mass is 10.1. The number of hydrogen-bond acceptors (Lipinski definition) is 4. The minimum atomic E-state index is -0.535. The van der Waals surface area contributed by atoms with Gasteiger partial charge in [0.05, 0.1) is 16.8 Å². The number of hydrogen-bond donors (Lipinski definition) is 2. The molecule has 3 rings (SSSR count). The highest BCUT2D eigenvalue weighted by atomic mass is 35.5. The Morgan fingerprint density at radius 3 is 2.50 bits per heavy atom. The van der Waals surface area contributed by atoms with Gasteiger partial charge in [-0.25, -0.2) is 0 Å². The fraction of sp³-hybridized carbons (Fsp3) is 0.421. The highest BCUT2D eigenvalue weighted by molar-refractivity contribution is 6.34. The Bertz CT molecular complexity index is 833. The molecule has 1 aromatic heterocycles. The summed E-state index contributed by atoms with van der Waals surface area (Å²) in [5.74, 6) is -0.280. The molecular weight excluding hydrogens is 401 g/mol. The molecule has 0 spiro atoms. The molecule has 0 radical (unpaired) electrons. The third-order valence-electron chi connectivity index (χ3n) is 4.72. The lowest BCUT2D eigenvalue weighted by Crippen LogP contribution is -2.35. The first-order valence-electron chi connectivity index (χ1n) is 9.05. The Labute approximate surface area is 175 Å². The van der Waals surface area contributed by atoms with Crippen LogP contribution in [0.15, 0.2) is 30.6 Å². The molecule has 28 heavy (non-hydrogen) atoms. The summed E-state index contributed by atoms with van der Waals surface area (Å²) in [4.78, 5) is 27.1. The molecule has 1 saturated heterocycles. The van der Waals surface area contributed by atoms with Crippen molar-refractivity contribution in [2.75, 3.05) is 25.5 Å². The number of anilines is 1. The average Bonchev–Trinajstić information content (AvgIpc) is 3.08. The predicted octanol–water partition coefficient (Wildman–Crippen LogP) is 3.02. The number of rotatable bonds is 5. The van der Waals surface area contributed by atoms with Crippen LogP contribution in [0, 0.1) is 0 Å². The predicted molar refractivity (Wildman–Crippen MR) is 112 cm³/mol. The zero-order valence-electron chi connectivity index (χ0n) is 15.9. The third-order valence-corrected chi connectivity index (χ3v) is 5.03. The number of piperidine rings is 1. The molecule has 2 heterocycles. The van der Waals surface area contributed by atoms with Crippen molar-refractivity contribution in [3.8, 4) is 0 Å². The maximum Gasteiger partial charge on any atom is 0.255 e. The molecule has 2 aromatic rings. The molecule has 1 atom stereocenters. The number of halogens is 2. The molecule has 9 heteroatoms. The van der Waals surface area contributed by atoms with Crippen LogP contribution in [-0.4, -0.2) is 46.6 Å². The molecule has 152 valence electrons. The Morgan fingerprint density at radius 2 is 1.93 bits per heavy atom. The summed E-state index contributed by atoms with van der Waals surface area (Å²) < 4.78 is 1.64. The lowest BCUT2D eigenvalue weighted by Gasteiger charge is -2.27. The molecule has 1 unspecified atom stereocenters. The van der Waals surface area contributed by atoms with Crippen molar-refractivity contribution >= 4 is 41.5 Å². The van der Waals surface area contributed by atoms with Gasteiger partial charge in [-0.15, -0.1) is 12.4 Å². The van der Waals surface area contributed by atoms with Gasteiger partial charge in [-0.3, -0.25) is 14.3 Å². The molecular formula is C19H25Cl2N5O2. The van der Waals surface area contributed by atoms with Gasteiger partial charge in [0.15, 0.2) is 0 Å². The van der Waals surface area contributed by atoms with Gasteiger partial charge in [-0.2, -0.15) is 5.10 Å². The number of carbonyl (C=O) groups excluding carboxylic acids is 2. The van der Waals surface area contributed by atoms with E-state index in [2.05, 4.69) is 15.7 Å². The second-order valence-electron chi connectivity index (χ2n) is 6.71. The van der Waals surface area contributed by atoms with Crippen molar-refractivity contribution in [2.45, 2.75) is 25.3 Å². The van der Waals surface area contributed by atoms with E-state index in [9.17, 15) is 9.59 Å². The van der Waals surface area contributed by atoms with E-state index < -0.39 is 6.04 Å². The van der Waals surface area contributed by atoms with E-state index in [1.165, 1.54) is 0 Å². The summed E-state index contributed by atoms with van der Waals surface area (Å²) >= 11 is 6.33. The molecule has 1 aliphatic heterocycles. The molecule has 2 amide bonds. The average molecular weight is 426 g/mol. The highest BCUT2D eigenvalue weighted by Gasteiger charge is 2.22. The van der Waals surface area contributed by atoms with Gasteiger partial charge in [-0.05, 0) is 44.5 Å². The van der Waals surface area contributed by atoms with E-state index in [4.69, 9.17) is 11.6 Å². The summed E-state index contributed by atoms with van der Waals surface area (Å²) in [7, 11) is 3.51. The third kappa shape index (κ3) is 5.04. The molecule has 2 N–H and O–H groups in total. The molecule has 1 aromatic carbocycles. The van der Waals surface area contributed by atoms with Crippen LogP contribution in [0.5, 0.6) is 0 Å². The smallest absolute Gasteiger partial charge is 0.255 e. The summed E-state index contributed by atoms with van der Waals surface area (Å²) in [5.41, 5.74) is 1.78. The number of aromatic nitrogens is 2. The SMILES string of the molecule is CNC(C(=O)Nc1ccc(C(=O)N2CCCCC2)c(Cl)c1)c1cnn(C)c1.Cl. The number of nitrogens with zero attached hydrogens (tertiary/aromatic N) is 3. The van der Waals surface area contributed by atoms with Crippen molar-refractivity contribution in [2.24, 2.45) is 7.05 Å². The first kappa shape index (κ1) is 22.2. The van der Waals surface area contributed by atoms with Gasteiger partial charge in [0, 0.05) is 37.6 Å². The summed E-state index contributed by atoms with van der Waals surface area (Å²) in [6.45, 7) is 1.53. The number of nitrogens with one attached hydrogen (secondary N) is 2. The number of aryl methyl sites for hydroxylation is 1. The van der Waals surface area contributed by atoms with Crippen molar-refractivity contribution in [3.63, 3.8) is 0 Å². The molecule has 1 fully saturated rings. The van der Waals surface area contributed by atoms with E-state index in [1.54, 1.807) is 49.4 Å². The number of likely N-dealkylation sites (N-methyl/N-ethyl adjacent to an activating group) is 1. The Balaban J connectivity index is 0.00000280. The molecule has 7 nitrogen and oxygen atoms in total. The van der Waals surface area contributed by atoms with Crippen LogP contribution in [0.3, 0.4) is 0 Å². The second-order valence-corrected chi connectivity index (χ2v) is 7.11. The Kier molecular flexibility index (Phi) is 7.86. The van der Waals surface area contributed by atoms with Crippen molar-refractivity contribution in [1.82, 2.24) is 20.0 Å². The van der Waals surface area contributed by atoms with Crippen molar-refractivity contribution in [3.05, 3.63) is 46.7 Å². The number of amides is 2. The topological polar surface area (TPSA) is 79.3 Å². The highest BCUT2D eigenvalue weighted by Crippen LogP contribution is 2.25. The standard InChI is InChI=1S/C19H24ClN5O2.ClH/c1-21-17(13-11-22-24(2)12-13)18(26)23-14-6-7-15(16(20)10-14)19(27)25-8-4-3-5-9-25;/h6-7,10-12,17,21H,3-5,8-9H2,1-2H3,(H,23,26);1H. The van der Waals surface area contributed by atoms with E-state index in [0.29, 0.717) is 16.3 Å². The van der Waals surface area contributed by atoms with Crippen LogP contribution in [0.25, 0.3) is 0 Å². The number of carbonyl (C=O) groups is 2. The fourth-order valence-electron chi connectivity index (χ4n) is 3.29. The molecule has 0 bridgehead atoms. The zero-order chi connectivity index (χ0) is 19.4. The quantitative estimate of drug-likeness (QED) is 0.771. The van der Waals surface area contributed by atoms with Crippen molar-refractivity contribution in [1.29, 1.82) is 0 Å². The monoisotopic (exact) mass is 425 g/mol. The van der Waals surface area contributed by atoms with Crippen LogP contribution in [0.1, 0.15) is 41.2 Å². The van der Waals surface area contributed by atoms with Gasteiger partial charge < -0.3 is 15.5 Å². The van der Waals surface area contributed by atoms with Gasteiger partial charge in [0.25, 0.3) is 5.91 Å². The molecule has 0 saturated carbocycles. The van der Waals surface area contributed by atoms with E-state index in [0.717, 1.165) is 37.9 Å². The maximum atomic E-state index is 12.6. The summed E-state index contributed by atoms with van der Waals surface area (Å²) in [6.07, 6.45) is 6.64. The molecule has 1 aliphatic rings. The van der Waals surface area contributed by atoms with Crippen LogP contribution in [0.4, 0.5) is 5.69 Å². The Hall–Kier alpha value is -2.09. The van der Waals surface area contributed by atoms with Crippen LogP contribution in [0.2, 0.25) is 5.02 Å². The fourth-order valence-corrected chi connectivity index (χ4v) is 3.55. The number of benzene rings is 1. The van der Waals surface area contributed by atoms with Gasteiger partial charge in [-0.1, -0.05) is 11.6 Å². The second kappa shape index (κ2) is 9.91. The maximum absolute atomic E-state index is 12.6. The van der Waals surface area contributed by atoms with Crippen LogP contribution in [-0.2, 0) is 11.8 Å². The lowest BCUT2D eigenvalue weighted by molar-refractivity contribution is -0.118. The van der Waals surface area contributed by atoms with Gasteiger partial charge in [0.1, 0.15) is 6.04 Å². The first-order valence-corrected chi connectivity index (χ1v) is 9.43. The van der Waals surface area contributed by atoms with E-state index in [-0.39, 0.29) is 24.2 Å². The Morgan fingerprint density at radius 1 is 1.21 bits per heavy atom. The normalized spacial score (nSPS) is 14.9. The summed E-state index contributed by atoms with van der Waals surface area (Å²) in [5, 5.41) is 10.3. The zero-order valence-corrected chi connectivity index (χ0v) is 17.5.